The molecule has 0 fully saturated rings. The lowest BCUT2D eigenvalue weighted by Gasteiger charge is -2.02. The first-order valence-electron chi connectivity index (χ1n) is 6.54. The Morgan fingerprint density at radius 1 is 0.773 bits per heavy atom. The van der Waals surface area contributed by atoms with Gasteiger partial charge in [-0.15, -0.1) is 0 Å². The summed E-state index contributed by atoms with van der Waals surface area (Å²) in [6.07, 6.45) is 3.33. The van der Waals surface area contributed by atoms with Crippen molar-refractivity contribution in [1.82, 2.24) is 0 Å². The molecule has 0 atom stereocenters. The van der Waals surface area contributed by atoms with Gasteiger partial charge in [-0.1, -0.05) is 37.4 Å². The summed E-state index contributed by atoms with van der Waals surface area (Å²) in [4.78, 5) is 0. The van der Waals surface area contributed by atoms with E-state index in [1.54, 1.807) is 36.4 Å². The molecule has 2 rings (SSSR count). The van der Waals surface area contributed by atoms with E-state index in [4.69, 9.17) is 9.47 Å². The van der Waals surface area contributed by atoms with Crippen LogP contribution in [0.2, 0.25) is 0 Å². The van der Waals surface area contributed by atoms with Gasteiger partial charge in [0.15, 0.2) is 23.0 Å². The van der Waals surface area contributed by atoms with E-state index in [0.29, 0.717) is 11.5 Å². The molecule has 0 unspecified atom stereocenters. The zero-order valence-electron chi connectivity index (χ0n) is 12.7. The van der Waals surface area contributed by atoms with Crippen LogP contribution < -0.4 is 9.47 Å². The maximum Gasteiger partial charge on any atom is 0.160 e. The average molecular weight is 300 g/mol. The van der Waals surface area contributed by atoms with Gasteiger partial charge in [0.05, 0.1) is 14.2 Å². The molecule has 116 valence electrons. The second kappa shape index (κ2) is 8.42. The van der Waals surface area contributed by atoms with Crippen molar-refractivity contribution in [3.8, 4) is 23.0 Å². The molecule has 0 aliphatic rings. The van der Waals surface area contributed by atoms with Gasteiger partial charge in [-0.2, -0.15) is 0 Å². The van der Waals surface area contributed by atoms with Crippen LogP contribution in [0.25, 0.3) is 12.2 Å². The molecule has 0 saturated carbocycles. The summed E-state index contributed by atoms with van der Waals surface area (Å²) < 4.78 is 9.72. The number of aromatic hydroxyl groups is 2. The summed E-state index contributed by atoms with van der Waals surface area (Å²) in [5.74, 6) is 1.25. The minimum absolute atomic E-state index is 0.143. The van der Waals surface area contributed by atoms with Crippen LogP contribution in [-0.2, 0) is 0 Å². The smallest absolute Gasteiger partial charge is 0.160 e. The van der Waals surface area contributed by atoms with Crippen molar-refractivity contribution in [2.24, 2.45) is 0 Å². The molecule has 0 heterocycles. The second-order valence-corrected chi connectivity index (χ2v) is 4.27. The highest BCUT2D eigenvalue weighted by Gasteiger charge is 1.99. The molecule has 0 bridgehead atoms. The predicted molar refractivity (Wildman–Crippen MR) is 89.5 cm³/mol. The Morgan fingerprint density at radius 2 is 1.14 bits per heavy atom. The Labute approximate surface area is 130 Å². The third-order valence-electron chi connectivity index (χ3n) is 2.88. The molecule has 0 aromatic heterocycles. The van der Waals surface area contributed by atoms with Gasteiger partial charge in [-0.3, -0.25) is 0 Å². The number of phenols is 2. The Kier molecular flexibility index (Phi) is 6.57. The van der Waals surface area contributed by atoms with Crippen LogP contribution in [0.4, 0.5) is 0 Å². The van der Waals surface area contributed by atoms with E-state index in [2.05, 4.69) is 13.2 Å². The highest BCUT2D eigenvalue weighted by Crippen LogP contribution is 2.27. The molecule has 22 heavy (non-hydrogen) atoms. The van der Waals surface area contributed by atoms with Crippen molar-refractivity contribution in [3.63, 3.8) is 0 Å². The summed E-state index contributed by atoms with van der Waals surface area (Å²) in [6, 6.07) is 10.3. The van der Waals surface area contributed by atoms with Gasteiger partial charge in [0.1, 0.15) is 0 Å². The van der Waals surface area contributed by atoms with Crippen molar-refractivity contribution in [3.05, 3.63) is 60.7 Å². The molecule has 0 aliphatic carbocycles. The van der Waals surface area contributed by atoms with E-state index in [-0.39, 0.29) is 11.5 Å². The normalized spacial score (nSPS) is 9.18. The van der Waals surface area contributed by atoms with Crippen LogP contribution >= 0.6 is 0 Å². The number of ether oxygens (including phenoxy) is 2. The van der Waals surface area contributed by atoms with Gasteiger partial charge in [0.2, 0.25) is 0 Å². The Balaban J connectivity index is 0.000000220. The Morgan fingerprint density at radius 3 is 1.36 bits per heavy atom. The van der Waals surface area contributed by atoms with Gasteiger partial charge < -0.3 is 19.7 Å². The molecule has 0 spiro atoms. The SMILES string of the molecule is C=Cc1ccc(OC)c(O)c1.C=Cc1ccc(OC)c(O)c1. The monoisotopic (exact) mass is 300 g/mol. The highest BCUT2D eigenvalue weighted by molar-refractivity contribution is 5.54. The number of methoxy groups -OCH3 is 2. The zero-order valence-corrected chi connectivity index (χ0v) is 12.7. The Bertz CT molecular complexity index is 590. The predicted octanol–water partition coefficient (Wildman–Crippen LogP) is 4.09. The topological polar surface area (TPSA) is 58.9 Å². The van der Waals surface area contributed by atoms with Gasteiger partial charge in [-0.25, -0.2) is 0 Å². The third-order valence-corrected chi connectivity index (χ3v) is 2.88. The lowest BCUT2D eigenvalue weighted by atomic mass is 10.2. The van der Waals surface area contributed by atoms with Crippen LogP contribution in [-0.4, -0.2) is 24.4 Å². The number of rotatable bonds is 4. The van der Waals surface area contributed by atoms with Gasteiger partial charge >= 0.3 is 0 Å². The van der Waals surface area contributed by atoms with E-state index in [1.165, 1.54) is 14.2 Å². The van der Waals surface area contributed by atoms with E-state index in [1.807, 2.05) is 12.1 Å². The standard InChI is InChI=1S/2C9H10O2/c2*1-3-7-4-5-9(11-2)8(10)6-7/h2*3-6,10H,1H2,2H3. The van der Waals surface area contributed by atoms with Crippen LogP contribution in [0.5, 0.6) is 23.0 Å². The van der Waals surface area contributed by atoms with Crippen LogP contribution in [0, 0.1) is 0 Å². The van der Waals surface area contributed by atoms with Crippen molar-refractivity contribution in [2.75, 3.05) is 14.2 Å². The second-order valence-electron chi connectivity index (χ2n) is 4.27. The lowest BCUT2D eigenvalue weighted by molar-refractivity contribution is 0.373. The van der Waals surface area contributed by atoms with E-state index < -0.39 is 0 Å². The lowest BCUT2D eigenvalue weighted by Crippen LogP contribution is -1.83. The van der Waals surface area contributed by atoms with Gasteiger partial charge in [0.25, 0.3) is 0 Å². The maximum absolute atomic E-state index is 9.25. The number of benzene rings is 2. The molecule has 2 N–H and O–H groups in total. The molecule has 2 aromatic rings. The fraction of sp³-hybridized carbons (Fsp3) is 0.111. The summed E-state index contributed by atoms with van der Waals surface area (Å²) in [7, 11) is 3.03. The molecular formula is C18H20O4. The summed E-state index contributed by atoms with van der Waals surface area (Å²) >= 11 is 0. The molecule has 0 saturated heterocycles. The summed E-state index contributed by atoms with van der Waals surface area (Å²) in [5.41, 5.74) is 1.76. The quantitative estimate of drug-likeness (QED) is 0.893. The molecule has 0 aliphatic heterocycles. The van der Waals surface area contributed by atoms with Crippen molar-refractivity contribution < 1.29 is 19.7 Å². The van der Waals surface area contributed by atoms with Crippen molar-refractivity contribution >= 4 is 12.2 Å². The summed E-state index contributed by atoms with van der Waals surface area (Å²) in [5, 5.41) is 18.5. The molecule has 2 aromatic carbocycles. The number of hydrogen-bond acceptors (Lipinski definition) is 4. The fourth-order valence-corrected chi connectivity index (χ4v) is 1.67. The van der Waals surface area contributed by atoms with E-state index >= 15 is 0 Å². The maximum atomic E-state index is 9.25. The van der Waals surface area contributed by atoms with E-state index in [9.17, 15) is 10.2 Å². The average Bonchev–Trinajstić information content (AvgIpc) is 2.55. The molecular weight excluding hydrogens is 280 g/mol. The van der Waals surface area contributed by atoms with Gasteiger partial charge in [0, 0.05) is 0 Å². The fourth-order valence-electron chi connectivity index (χ4n) is 1.67. The van der Waals surface area contributed by atoms with E-state index in [0.717, 1.165) is 11.1 Å². The first-order chi connectivity index (χ1) is 10.5. The molecule has 0 radical (unpaired) electrons. The van der Waals surface area contributed by atoms with Gasteiger partial charge in [-0.05, 0) is 35.4 Å². The van der Waals surface area contributed by atoms with Crippen molar-refractivity contribution in [1.29, 1.82) is 0 Å². The van der Waals surface area contributed by atoms with Crippen LogP contribution in [0.3, 0.4) is 0 Å². The third kappa shape index (κ3) is 4.59. The first-order valence-corrected chi connectivity index (χ1v) is 6.54. The number of hydrogen-bond donors (Lipinski definition) is 2. The molecule has 4 nitrogen and oxygen atoms in total. The highest BCUT2D eigenvalue weighted by atomic mass is 16.5. The first kappa shape index (κ1) is 17.2. The largest absolute Gasteiger partial charge is 0.504 e. The summed E-state index contributed by atoms with van der Waals surface area (Å²) in [6.45, 7) is 7.15. The van der Waals surface area contributed by atoms with Crippen LogP contribution in [0.15, 0.2) is 49.6 Å². The zero-order chi connectivity index (χ0) is 16.5. The Hall–Kier alpha value is -2.88. The van der Waals surface area contributed by atoms with Crippen molar-refractivity contribution in [2.45, 2.75) is 0 Å². The molecule has 4 heteroatoms. The molecule has 0 amide bonds. The minimum atomic E-state index is 0.143. The van der Waals surface area contributed by atoms with Crippen LogP contribution in [0.1, 0.15) is 11.1 Å². The number of phenolic OH excluding ortho intramolecular Hbond substituents is 2. The minimum Gasteiger partial charge on any atom is -0.504 e.